The van der Waals surface area contributed by atoms with Crippen LogP contribution in [0.5, 0.6) is 0 Å². The van der Waals surface area contributed by atoms with Crippen molar-refractivity contribution in [3.05, 3.63) is 11.1 Å². The van der Waals surface area contributed by atoms with Crippen molar-refractivity contribution in [2.45, 2.75) is 31.6 Å². The van der Waals surface area contributed by atoms with E-state index in [1.165, 1.54) is 0 Å². The zero-order chi connectivity index (χ0) is 8.32. The third kappa shape index (κ3) is 2.89. The summed E-state index contributed by atoms with van der Waals surface area (Å²) in [5.74, 6) is -2.04. The zero-order valence-corrected chi connectivity index (χ0v) is 7.78. The fourth-order valence-electron chi connectivity index (χ4n) is 1.36. The van der Waals surface area contributed by atoms with E-state index in [0.717, 1.165) is 0 Å². The molecule has 1 aliphatic carbocycles. The molecule has 64 valence electrons. The van der Waals surface area contributed by atoms with Crippen molar-refractivity contribution in [2.75, 3.05) is 0 Å². The molecule has 0 radical (unpaired) electrons. The van der Waals surface area contributed by atoms with Crippen molar-refractivity contribution in [3.8, 4) is 0 Å². The lowest BCUT2D eigenvalue weighted by Gasteiger charge is -2.25. The first kappa shape index (κ1) is 9.17. The molecule has 0 aromatic rings. The standard InChI is InChI=1S/C8H11BrF2/c9-6-3-7-1-4-8(10,11)5-2-7/h3,6-7H,1-2,4-5H2/b6-3+. The monoisotopic (exact) mass is 224 g/mol. The van der Waals surface area contributed by atoms with Crippen molar-refractivity contribution < 1.29 is 8.78 Å². The maximum Gasteiger partial charge on any atom is 0.248 e. The molecule has 1 saturated carbocycles. The number of rotatable bonds is 1. The van der Waals surface area contributed by atoms with Crippen LogP contribution in [0.1, 0.15) is 25.7 Å². The fourth-order valence-corrected chi connectivity index (χ4v) is 1.79. The first-order valence-electron chi connectivity index (χ1n) is 3.79. The van der Waals surface area contributed by atoms with E-state index in [1.54, 1.807) is 4.99 Å². The highest BCUT2D eigenvalue weighted by molar-refractivity contribution is 9.11. The minimum Gasteiger partial charge on any atom is -0.207 e. The van der Waals surface area contributed by atoms with Gasteiger partial charge in [0.2, 0.25) is 5.92 Å². The van der Waals surface area contributed by atoms with Gasteiger partial charge in [-0.05, 0) is 23.7 Å². The molecule has 0 unspecified atom stereocenters. The Labute approximate surface area is 73.8 Å². The summed E-state index contributed by atoms with van der Waals surface area (Å²) in [4.78, 5) is 1.77. The third-order valence-corrected chi connectivity index (χ3v) is 2.41. The second kappa shape index (κ2) is 3.65. The highest BCUT2D eigenvalue weighted by Gasteiger charge is 2.33. The average Bonchev–Trinajstić information content (AvgIpc) is 1.94. The van der Waals surface area contributed by atoms with Gasteiger partial charge >= 0.3 is 0 Å². The van der Waals surface area contributed by atoms with Gasteiger partial charge in [-0.2, -0.15) is 0 Å². The smallest absolute Gasteiger partial charge is 0.207 e. The van der Waals surface area contributed by atoms with Crippen LogP contribution in [0.3, 0.4) is 0 Å². The van der Waals surface area contributed by atoms with Gasteiger partial charge in [-0.15, -0.1) is 0 Å². The molecule has 0 aromatic carbocycles. The minimum absolute atomic E-state index is 0.0506. The molecule has 1 aliphatic rings. The maximum absolute atomic E-state index is 12.6. The molecule has 0 N–H and O–H groups in total. The molecular formula is C8H11BrF2. The maximum atomic E-state index is 12.6. The molecule has 1 fully saturated rings. The highest BCUT2D eigenvalue weighted by atomic mass is 79.9. The van der Waals surface area contributed by atoms with Gasteiger partial charge in [0.05, 0.1) is 0 Å². The molecular weight excluding hydrogens is 214 g/mol. The van der Waals surface area contributed by atoms with Crippen LogP contribution >= 0.6 is 15.9 Å². The molecule has 0 saturated heterocycles. The van der Waals surface area contributed by atoms with Crippen molar-refractivity contribution in [1.82, 2.24) is 0 Å². The highest BCUT2D eigenvalue weighted by Crippen LogP contribution is 2.36. The summed E-state index contributed by atoms with van der Waals surface area (Å²) >= 11 is 3.15. The second-order valence-corrected chi connectivity index (χ2v) is 3.54. The van der Waals surface area contributed by atoms with Crippen LogP contribution in [0.4, 0.5) is 8.78 Å². The van der Waals surface area contributed by atoms with Gasteiger partial charge in [0, 0.05) is 12.8 Å². The van der Waals surface area contributed by atoms with E-state index in [-0.39, 0.29) is 12.8 Å². The van der Waals surface area contributed by atoms with Gasteiger partial charge in [-0.25, -0.2) is 8.78 Å². The van der Waals surface area contributed by atoms with Crippen LogP contribution < -0.4 is 0 Å². The van der Waals surface area contributed by atoms with Gasteiger partial charge < -0.3 is 0 Å². The first-order chi connectivity index (χ1) is 5.14. The molecule has 0 spiro atoms. The first-order valence-corrected chi connectivity index (χ1v) is 4.70. The lowest BCUT2D eigenvalue weighted by molar-refractivity contribution is -0.0410. The summed E-state index contributed by atoms with van der Waals surface area (Å²) in [6.07, 6.45) is 3.30. The summed E-state index contributed by atoms with van der Waals surface area (Å²) in [6, 6.07) is 0. The lowest BCUT2D eigenvalue weighted by atomic mass is 9.87. The minimum atomic E-state index is -2.39. The topological polar surface area (TPSA) is 0 Å². The molecule has 11 heavy (non-hydrogen) atoms. The number of alkyl halides is 2. The average molecular weight is 225 g/mol. The summed E-state index contributed by atoms with van der Waals surface area (Å²) < 4.78 is 25.2. The van der Waals surface area contributed by atoms with Crippen LogP contribution in [-0.4, -0.2) is 5.92 Å². The van der Waals surface area contributed by atoms with E-state index in [0.29, 0.717) is 18.8 Å². The van der Waals surface area contributed by atoms with Crippen molar-refractivity contribution in [3.63, 3.8) is 0 Å². The van der Waals surface area contributed by atoms with Crippen LogP contribution in [0, 0.1) is 5.92 Å². The van der Waals surface area contributed by atoms with Crippen LogP contribution in [0.15, 0.2) is 11.1 Å². The van der Waals surface area contributed by atoms with E-state index in [2.05, 4.69) is 15.9 Å². The Kier molecular flexibility index (Phi) is 3.05. The van der Waals surface area contributed by atoms with E-state index in [9.17, 15) is 8.78 Å². The van der Waals surface area contributed by atoms with Crippen molar-refractivity contribution >= 4 is 15.9 Å². The molecule has 0 heterocycles. The number of hydrogen-bond donors (Lipinski definition) is 0. The predicted molar refractivity (Wildman–Crippen MR) is 45.0 cm³/mol. The van der Waals surface area contributed by atoms with Gasteiger partial charge in [-0.1, -0.05) is 22.0 Å². The molecule has 0 aliphatic heterocycles. The van der Waals surface area contributed by atoms with E-state index >= 15 is 0 Å². The van der Waals surface area contributed by atoms with E-state index < -0.39 is 5.92 Å². The van der Waals surface area contributed by atoms with Crippen LogP contribution in [-0.2, 0) is 0 Å². The Morgan fingerprint density at radius 1 is 1.27 bits per heavy atom. The summed E-state index contributed by atoms with van der Waals surface area (Å²) in [5.41, 5.74) is 0. The lowest BCUT2D eigenvalue weighted by Crippen LogP contribution is -2.23. The Balaban J connectivity index is 2.36. The predicted octanol–water partition coefficient (Wildman–Crippen LogP) is 3.72. The summed E-state index contributed by atoms with van der Waals surface area (Å²) in [5, 5.41) is 0. The van der Waals surface area contributed by atoms with Gasteiger partial charge in [-0.3, -0.25) is 0 Å². The molecule has 3 heteroatoms. The Hall–Kier alpha value is 0.0800. The van der Waals surface area contributed by atoms with Crippen LogP contribution in [0.2, 0.25) is 0 Å². The molecule has 0 amide bonds. The summed E-state index contributed by atoms with van der Waals surface area (Å²) in [6.45, 7) is 0. The quantitative estimate of drug-likeness (QED) is 0.637. The Morgan fingerprint density at radius 2 is 1.82 bits per heavy atom. The van der Waals surface area contributed by atoms with E-state index in [4.69, 9.17) is 0 Å². The normalized spacial score (nSPS) is 26.1. The molecule has 0 nitrogen and oxygen atoms in total. The Bertz CT molecular complexity index is 144. The number of hydrogen-bond acceptors (Lipinski definition) is 0. The van der Waals surface area contributed by atoms with Gasteiger partial charge in [0.1, 0.15) is 0 Å². The van der Waals surface area contributed by atoms with Crippen molar-refractivity contribution in [2.24, 2.45) is 5.92 Å². The third-order valence-electron chi connectivity index (χ3n) is 2.11. The fraction of sp³-hybridized carbons (Fsp3) is 0.750. The molecule has 0 bridgehead atoms. The summed E-state index contributed by atoms with van der Waals surface area (Å²) in [7, 11) is 0. The Morgan fingerprint density at radius 3 is 2.27 bits per heavy atom. The largest absolute Gasteiger partial charge is 0.248 e. The molecule has 0 aromatic heterocycles. The van der Waals surface area contributed by atoms with Gasteiger partial charge in [0.25, 0.3) is 0 Å². The number of halogens is 3. The molecule has 0 atom stereocenters. The van der Waals surface area contributed by atoms with Gasteiger partial charge in [0.15, 0.2) is 0 Å². The molecule has 1 rings (SSSR count). The van der Waals surface area contributed by atoms with Crippen LogP contribution in [0.25, 0.3) is 0 Å². The second-order valence-electron chi connectivity index (χ2n) is 3.01. The number of allylic oxidation sites excluding steroid dienone is 1. The van der Waals surface area contributed by atoms with E-state index in [1.807, 2.05) is 6.08 Å². The van der Waals surface area contributed by atoms with Crippen molar-refractivity contribution in [1.29, 1.82) is 0 Å². The SMILES string of the molecule is FC1(F)CCC(/C=C/Br)CC1. The zero-order valence-electron chi connectivity index (χ0n) is 6.19.